The summed E-state index contributed by atoms with van der Waals surface area (Å²) in [5.41, 5.74) is 8.97. The van der Waals surface area contributed by atoms with Gasteiger partial charge < -0.3 is 5.73 Å². The Balaban J connectivity index is 2.44. The van der Waals surface area contributed by atoms with Crippen molar-refractivity contribution >= 4 is 17.0 Å². The van der Waals surface area contributed by atoms with Crippen molar-refractivity contribution in [3.05, 3.63) is 35.3 Å². The fourth-order valence-corrected chi connectivity index (χ4v) is 2.53. The summed E-state index contributed by atoms with van der Waals surface area (Å²) in [6.45, 7) is 6.50. The summed E-state index contributed by atoms with van der Waals surface area (Å²) in [7, 11) is 0. The van der Waals surface area contributed by atoms with Crippen LogP contribution in [0.4, 0.5) is 5.69 Å². The molecule has 0 fully saturated rings. The third-order valence-corrected chi connectivity index (χ3v) is 3.34. The number of aromatic nitrogens is 1. The summed E-state index contributed by atoms with van der Waals surface area (Å²) in [6, 6.07) is 7.86. The van der Waals surface area contributed by atoms with E-state index in [1.54, 1.807) is 11.3 Å². The van der Waals surface area contributed by atoms with Gasteiger partial charge in [-0.1, -0.05) is 32.9 Å². The highest BCUT2D eigenvalue weighted by molar-refractivity contribution is 7.13. The predicted octanol–water partition coefficient (Wildman–Crippen LogP) is 3.69. The summed E-state index contributed by atoms with van der Waals surface area (Å²) in [5.74, 6) is 0. The quantitative estimate of drug-likeness (QED) is 0.762. The van der Waals surface area contributed by atoms with Gasteiger partial charge in [0.15, 0.2) is 0 Å². The van der Waals surface area contributed by atoms with E-state index < -0.39 is 0 Å². The molecule has 2 aromatic rings. The zero-order valence-electron chi connectivity index (χ0n) is 9.82. The van der Waals surface area contributed by atoms with Crippen molar-refractivity contribution < 1.29 is 0 Å². The third kappa shape index (κ3) is 2.09. The third-order valence-electron chi connectivity index (χ3n) is 2.46. The first-order chi connectivity index (χ1) is 7.48. The van der Waals surface area contributed by atoms with Gasteiger partial charge in [0.25, 0.3) is 0 Å². The number of benzene rings is 1. The predicted molar refractivity (Wildman–Crippen MR) is 70.7 cm³/mol. The molecule has 3 heteroatoms. The molecule has 0 bridgehead atoms. The molecule has 2 N–H and O–H groups in total. The van der Waals surface area contributed by atoms with E-state index in [2.05, 4.69) is 31.1 Å². The lowest BCUT2D eigenvalue weighted by atomic mass is 9.93. The minimum atomic E-state index is 0.0955. The molecular formula is C13H16N2S. The van der Waals surface area contributed by atoms with Crippen LogP contribution >= 0.6 is 11.3 Å². The Morgan fingerprint density at radius 2 is 1.88 bits per heavy atom. The smallest absolute Gasteiger partial charge is 0.125 e. The first-order valence-corrected chi connectivity index (χ1v) is 6.17. The van der Waals surface area contributed by atoms with Crippen LogP contribution in [-0.2, 0) is 5.41 Å². The SMILES string of the molecule is CC(C)(C)c1csc(-c2ccccc2N)n1. The Morgan fingerprint density at radius 3 is 2.44 bits per heavy atom. The van der Waals surface area contributed by atoms with Crippen molar-refractivity contribution in [1.82, 2.24) is 4.98 Å². The van der Waals surface area contributed by atoms with Crippen molar-refractivity contribution in [2.24, 2.45) is 0 Å². The summed E-state index contributed by atoms with van der Waals surface area (Å²) in [4.78, 5) is 4.65. The van der Waals surface area contributed by atoms with Crippen LogP contribution in [-0.4, -0.2) is 4.98 Å². The fraction of sp³-hybridized carbons (Fsp3) is 0.308. The normalized spacial score (nSPS) is 11.7. The second-order valence-electron chi connectivity index (χ2n) is 4.88. The number of rotatable bonds is 1. The second kappa shape index (κ2) is 3.91. The first-order valence-electron chi connectivity index (χ1n) is 5.29. The molecule has 0 aliphatic rings. The van der Waals surface area contributed by atoms with Gasteiger partial charge in [-0.25, -0.2) is 4.98 Å². The Labute approximate surface area is 100 Å². The number of nitrogens with zero attached hydrogens (tertiary/aromatic N) is 1. The van der Waals surface area contributed by atoms with Crippen LogP contribution in [0.15, 0.2) is 29.6 Å². The number of hydrogen-bond acceptors (Lipinski definition) is 3. The van der Waals surface area contributed by atoms with Crippen molar-refractivity contribution in [2.75, 3.05) is 5.73 Å². The van der Waals surface area contributed by atoms with Crippen LogP contribution in [0.1, 0.15) is 26.5 Å². The number of para-hydroxylation sites is 1. The fourth-order valence-electron chi connectivity index (χ4n) is 1.43. The van der Waals surface area contributed by atoms with Gasteiger partial charge in [-0.15, -0.1) is 11.3 Å². The van der Waals surface area contributed by atoms with E-state index >= 15 is 0 Å². The molecule has 1 aromatic heterocycles. The summed E-state index contributed by atoms with van der Waals surface area (Å²) >= 11 is 1.65. The van der Waals surface area contributed by atoms with Gasteiger partial charge in [-0.2, -0.15) is 0 Å². The molecule has 0 saturated carbocycles. The van der Waals surface area contributed by atoms with E-state index in [9.17, 15) is 0 Å². The van der Waals surface area contributed by atoms with Crippen LogP contribution in [0.2, 0.25) is 0 Å². The van der Waals surface area contributed by atoms with Gasteiger partial charge in [0.1, 0.15) is 5.01 Å². The van der Waals surface area contributed by atoms with E-state index in [-0.39, 0.29) is 5.41 Å². The number of hydrogen-bond donors (Lipinski definition) is 1. The zero-order chi connectivity index (χ0) is 11.8. The lowest BCUT2D eigenvalue weighted by Gasteiger charge is -2.14. The Hall–Kier alpha value is -1.35. The topological polar surface area (TPSA) is 38.9 Å². The summed E-state index contributed by atoms with van der Waals surface area (Å²) < 4.78 is 0. The van der Waals surface area contributed by atoms with Crippen molar-refractivity contribution in [3.8, 4) is 10.6 Å². The molecule has 1 heterocycles. The second-order valence-corrected chi connectivity index (χ2v) is 5.73. The highest BCUT2D eigenvalue weighted by Crippen LogP contribution is 2.32. The van der Waals surface area contributed by atoms with Crippen LogP contribution in [0.25, 0.3) is 10.6 Å². The van der Waals surface area contributed by atoms with Gasteiger partial charge in [0.2, 0.25) is 0 Å². The maximum absolute atomic E-state index is 5.94. The number of anilines is 1. The van der Waals surface area contributed by atoms with Crippen molar-refractivity contribution in [3.63, 3.8) is 0 Å². The lowest BCUT2D eigenvalue weighted by Crippen LogP contribution is -2.11. The van der Waals surface area contributed by atoms with Crippen LogP contribution < -0.4 is 5.73 Å². The lowest BCUT2D eigenvalue weighted by molar-refractivity contribution is 0.573. The van der Waals surface area contributed by atoms with Gasteiger partial charge in [-0.05, 0) is 12.1 Å². The molecule has 16 heavy (non-hydrogen) atoms. The number of nitrogen functional groups attached to an aromatic ring is 1. The maximum atomic E-state index is 5.94. The molecule has 0 amide bonds. The number of thiazole rings is 1. The Bertz CT molecular complexity index is 495. The molecule has 0 unspecified atom stereocenters. The molecule has 2 nitrogen and oxygen atoms in total. The highest BCUT2D eigenvalue weighted by atomic mass is 32.1. The van der Waals surface area contributed by atoms with Crippen molar-refractivity contribution in [2.45, 2.75) is 26.2 Å². The molecule has 0 aliphatic carbocycles. The van der Waals surface area contributed by atoms with Gasteiger partial charge in [0.05, 0.1) is 5.69 Å². The summed E-state index contributed by atoms with van der Waals surface area (Å²) in [6.07, 6.45) is 0. The van der Waals surface area contributed by atoms with Crippen molar-refractivity contribution in [1.29, 1.82) is 0 Å². The molecule has 0 saturated heterocycles. The molecule has 2 rings (SSSR count). The molecule has 0 atom stereocenters. The molecule has 0 spiro atoms. The van der Waals surface area contributed by atoms with E-state index in [1.165, 1.54) is 0 Å². The highest BCUT2D eigenvalue weighted by Gasteiger charge is 2.18. The van der Waals surface area contributed by atoms with Gasteiger partial charge in [0, 0.05) is 22.0 Å². The Morgan fingerprint density at radius 1 is 1.19 bits per heavy atom. The van der Waals surface area contributed by atoms with Crippen LogP contribution in [0, 0.1) is 0 Å². The van der Waals surface area contributed by atoms with E-state index in [4.69, 9.17) is 5.73 Å². The van der Waals surface area contributed by atoms with Crippen LogP contribution in [0.5, 0.6) is 0 Å². The average molecular weight is 232 g/mol. The van der Waals surface area contributed by atoms with Gasteiger partial charge >= 0.3 is 0 Å². The first kappa shape index (κ1) is 11.1. The van der Waals surface area contributed by atoms with E-state index in [0.29, 0.717) is 0 Å². The number of nitrogens with two attached hydrogens (primary N) is 1. The maximum Gasteiger partial charge on any atom is 0.125 e. The minimum absolute atomic E-state index is 0.0955. The molecule has 0 aliphatic heterocycles. The molecular weight excluding hydrogens is 216 g/mol. The molecule has 84 valence electrons. The average Bonchev–Trinajstić information content (AvgIpc) is 2.66. The van der Waals surface area contributed by atoms with E-state index in [0.717, 1.165) is 22.0 Å². The summed E-state index contributed by atoms with van der Waals surface area (Å²) in [5, 5.41) is 3.12. The molecule has 0 radical (unpaired) electrons. The minimum Gasteiger partial charge on any atom is -0.398 e. The molecule has 1 aromatic carbocycles. The zero-order valence-corrected chi connectivity index (χ0v) is 10.6. The standard InChI is InChI=1S/C13H16N2S/c1-13(2,3)11-8-16-12(15-11)9-6-4-5-7-10(9)14/h4-8H,14H2,1-3H3. The van der Waals surface area contributed by atoms with Gasteiger partial charge in [-0.3, -0.25) is 0 Å². The largest absolute Gasteiger partial charge is 0.398 e. The van der Waals surface area contributed by atoms with Crippen LogP contribution in [0.3, 0.4) is 0 Å². The monoisotopic (exact) mass is 232 g/mol. The Kier molecular flexibility index (Phi) is 2.72. The van der Waals surface area contributed by atoms with E-state index in [1.807, 2.05) is 24.3 Å².